The first-order valence-electron chi connectivity index (χ1n) is 9.95. The Bertz CT molecular complexity index is 880. The summed E-state index contributed by atoms with van der Waals surface area (Å²) < 4.78 is 5.55. The molecule has 2 aromatic heterocycles. The number of hydrogen-bond donors (Lipinski definition) is 3. The summed E-state index contributed by atoms with van der Waals surface area (Å²) in [5.41, 5.74) is 1.13. The Hall–Kier alpha value is -2.92. The molecule has 8 nitrogen and oxygen atoms in total. The van der Waals surface area contributed by atoms with Crippen molar-refractivity contribution >= 4 is 11.8 Å². The van der Waals surface area contributed by atoms with Crippen LogP contribution >= 0.6 is 0 Å². The van der Waals surface area contributed by atoms with E-state index in [1.807, 2.05) is 19.1 Å². The smallest absolute Gasteiger partial charge is 0.224 e. The molecule has 0 radical (unpaired) electrons. The Morgan fingerprint density at radius 3 is 2.90 bits per heavy atom. The third-order valence-corrected chi connectivity index (χ3v) is 5.28. The van der Waals surface area contributed by atoms with Crippen molar-refractivity contribution in [3.05, 3.63) is 35.7 Å². The summed E-state index contributed by atoms with van der Waals surface area (Å²) >= 11 is 0. The summed E-state index contributed by atoms with van der Waals surface area (Å²) in [6.45, 7) is 7.04. The minimum absolute atomic E-state index is 0.145. The van der Waals surface area contributed by atoms with Gasteiger partial charge in [-0.2, -0.15) is 10.2 Å². The van der Waals surface area contributed by atoms with E-state index >= 15 is 0 Å². The van der Waals surface area contributed by atoms with Crippen molar-refractivity contribution in [3.8, 4) is 11.9 Å². The molecule has 2 heterocycles. The zero-order valence-corrected chi connectivity index (χ0v) is 17.1. The molecule has 2 aromatic rings. The van der Waals surface area contributed by atoms with Crippen LogP contribution in [0, 0.1) is 16.7 Å². The molecular weight excluding hydrogens is 368 g/mol. The normalized spacial score (nSPS) is 20.5. The van der Waals surface area contributed by atoms with Crippen LogP contribution in [0.1, 0.15) is 51.2 Å². The van der Waals surface area contributed by atoms with E-state index in [-0.39, 0.29) is 17.6 Å². The van der Waals surface area contributed by atoms with Crippen molar-refractivity contribution in [2.24, 2.45) is 5.41 Å². The van der Waals surface area contributed by atoms with Gasteiger partial charge in [-0.15, -0.1) is 0 Å². The highest BCUT2D eigenvalue weighted by molar-refractivity contribution is 5.54. The number of nitriles is 1. The first kappa shape index (κ1) is 20.8. The number of pyridine rings is 1. The molecule has 1 aliphatic carbocycles. The van der Waals surface area contributed by atoms with Gasteiger partial charge in [0.2, 0.25) is 11.8 Å². The highest BCUT2D eigenvalue weighted by Crippen LogP contribution is 2.37. The Morgan fingerprint density at radius 2 is 2.17 bits per heavy atom. The Balaban J connectivity index is 1.72. The summed E-state index contributed by atoms with van der Waals surface area (Å²) in [6.07, 6.45) is 5.26. The van der Waals surface area contributed by atoms with Crippen LogP contribution < -0.4 is 15.4 Å². The SMILES string of the molecule is CCOc1ncccc1CNc1ncc(C#N)c(N[C@@H]2CC[C@H](O)C(C)(C)C2)n1. The average Bonchev–Trinajstić information content (AvgIpc) is 2.70. The van der Waals surface area contributed by atoms with Gasteiger partial charge in [0.1, 0.15) is 17.5 Å². The standard InChI is InChI=1S/C21H28N6O2/c1-4-29-19-14(6-5-9-23-19)12-24-20-25-13-15(11-22)18(27-20)26-16-7-8-17(28)21(2,3)10-16/h5-6,9,13,16-17,28H,4,7-8,10,12H2,1-3H3,(H2,24,25,26,27)/t16-,17+/m1/s1. The quantitative estimate of drug-likeness (QED) is 0.654. The number of aliphatic hydroxyl groups is 1. The zero-order valence-electron chi connectivity index (χ0n) is 17.1. The van der Waals surface area contributed by atoms with Gasteiger partial charge in [-0.1, -0.05) is 19.9 Å². The van der Waals surface area contributed by atoms with Crippen LogP contribution in [0.25, 0.3) is 0 Å². The van der Waals surface area contributed by atoms with E-state index in [1.54, 1.807) is 6.20 Å². The number of nitrogens with zero attached hydrogens (tertiary/aromatic N) is 4. The maximum Gasteiger partial charge on any atom is 0.224 e. The number of ether oxygens (including phenoxy) is 1. The summed E-state index contributed by atoms with van der Waals surface area (Å²) in [4.78, 5) is 13.0. The first-order chi connectivity index (χ1) is 13.9. The van der Waals surface area contributed by atoms with Crippen molar-refractivity contribution in [1.82, 2.24) is 15.0 Å². The van der Waals surface area contributed by atoms with Crippen molar-refractivity contribution in [2.75, 3.05) is 17.2 Å². The molecule has 29 heavy (non-hydrogen) atoms. The van der Waals surface area contributed by atoms with Crippen LogP contribution in [0.15, 0.2) is 24.5 Å². The molecule has 1 saturated carbocycles. The molecule has 3 rings (SSSR count). The minimum Gasteiger partial charge on any atom is -0.478 e. The van der Waals surface area contributed by atoms with Crippen molar-refractivity contribution < 1.29 is 9.84 Å². The molecule has 154 valence electrons. The lowest BCUT2D eigenvalue weighted by atomic mass is 9.73. The van der Waals surface area contributed by atoms with Crippen LogP contribution in [-0.2, 0) is 6.54 Å². The highest BCUT2D eigenvalue weighted by atomic mass is 16.5. The van der Waals surface area contributed by atoms with E-state index in [4.69, 9.17) is 4.74 Å². The second-order valence-corrected chi connectivity index (χ2v) is 7.95. The van der Waals surface area contributed by atoms with Gasteiger partial charge in [0.25, 0.3) is 0 Å². The molecule has 0 aromatic carbocycles. The van der Waals surface area contributed by atoms with E-state index in [9.17, 15) is 10.4 Å². The molecule has 1 fully saturated rings. The summed E-state index contributed by atoms with van der Waals surface area (Å²) in [6, 6.07) is 6.08. The van der Waals surface area contributed by atoms with Gasteiger partial charge in [-0.3, -0.25) is 0 Å². The molecule has 3 N–H and O–H groups in total. The maximum atomic E-state index is 10.2. The van der Waals surface area contributed by atoms with Gasteiger partial charge in [0.15, 0.2) is 0 Å². The molecule has 1 aliphatic rings. The van der Waals surface area contributed by atoms with Crippen LogP contribution in [0.3, 0.4) is 0 Å². The molecule has 2 atom stereocenters. The minimum atomic E-state index is -0.308. The third-order valence-electron chi connectivity index (χ3n) is 5.28. The molecule has 8 heteroatoms. The monoisotopic (exact) mass is 396 g/mol. The van der Waals surface area contributed by atoms with E-state index in [0.29, 0.717) is 36.4 Å². The number of aromatic nitrogens is 3. The van der Waals surface area contributed by atoms with Gasteiger partial charge in [0, 0.05) is 24.3 Å². The van der Waals surface area contributed by atoms with Crippen molar-refractivity contribution in [1.29, 1.82) is 5.26 Å². The van der Waals surface area contributed by atoms with E-state index in [0.717, 1.165) is 24.8 Å². The van der Waals surface area contributed by atoms with Crippen LogP contribution in [0.5, 0.6) is 5.88 Å². The number of anilines is 2. The third kappa shape index (κ3) is 5.12. The fraction of sp³-hybridized carbons (Fsp3) is 0.524. The average molecular weight is 396 g/mol. The fourth-order valence-corrected chi connectivity index (χ4v) is 3.60. The van der Waals surface area contributed by atoms with Crippen molar-refractivity contribution in [2.45, 2.75) is 58.7 Å². The van der Waals surface area contributed by atoms with Gasteiger partial charge in [-0.05, 0) is 37.7 Å². The zero-order chi connectivity index (χ0) is 20.9. The molecule has 0 aliphatic heterocycles. The van der Waals surface area contributed by atoms with Gasteiger partial charge >= 0.3 is 0 Å². The lowest BCUT2D eigenvalue weighted by Crippen LogP contribution is -2.41. The molecule has 0 saturated heterocycles. The largest absolute Gasteiger partial charge is 0.478 e. The molecular formula is C21H28N6O2. The Morgan fingerprint density at radius 1 is 1.34 bits per heavy atom. The van der Waals surface area contributed by atoms with Gasteiger partial charge in [0.05, 0.1) is 18.9 Å². The predicted octanol–water partition coefficient (Wildman–Crippen LogP) is 3.11. The van der Waals surface area contributed by atoms with Crippen LogP contribution in [0.2, 0.25) is 0 Å². The fourth-order valence-electron chi connectivity index (χ4n) is 3.60. The lowest BCUT2D eigenvalue weighted by molar-refractivity contribution is 0.00926. The Kier molecular flexibility index (Phi) is 6.49. The highest BCUT2D eigenvalue weighted by Gasteiger charge is 2.35. The van der Waals surface area contributed by atoms with Crippen molar-refractivity contribution in [3.63, 3.8) is 0 Å². The van der Waals surface area contributed by atoms with E-state index < -0.39 is 0 Å². The second kappa shape index (κ2) is 9.05. The number of nitrogens with one attached hydrogen (secondary N) is 2. The first-order valence-corrected chi connectivity index (χ1v) is 9.95. The van der Waals surface area contributed by atoms with Crippen LogP contribution in [0.4, 0.5) is 11.8 Å². The molecule has 0 amide bonds. The summed E-state index contributed by atoms with van der Waals surface area (Å²) in [7, 11) is 0. The number of rotatable bonds is 7. The molecule has 0 unspecified atom stereocenters. The Labute approximate surface area is 171 Å². The van der Waals surface area contributed by atoms with Gasteiger partial charge < -0.3 is 20.5 Å². The summed E-state index contributed by atoms with van der Waals surface area (Å²) in [5, 5.41) is 26.2. The number of hydrogen-bond acceptors (Lipinski definition) is 8. The maximum absolute atomic E-state index is 10.2. The molecule has 0 bridgehead atoms. The second-order valence-electron chi connectivity index (χ2n) is 7.95. The van der Waals surface area contributed by atoms with Crippen LogP contribution in [-0.4, -0.2) is 38.8 Å². The molecule has 0 spiro atoms. The van der Waals surface area contributed by atoms with E-state index in [1.165, 1.54) is 6.20 Å². The van der Waals surface area contributed by atoms with E-state index in [2.05, 4.69) is 45.5 Å². The van der Waals surface area contributed by atoms with Gasteiger partial charge in [-0.25, -0.2) is 9.97 Å². The number of aliphatic hydroxyl groups excluding tert-OH is 1. The topological polar surface area (TPSA) is 116 Å². The lowest BCUT2D eigenvalue weighted by Gasteiger charge is -2.40. The predicted molar refractivity (Wildman–Crippen MR) is 111 cm³/mol. The summed E-state index contributed by atoms with van der Waals surface area (Å²) in [5.74, 6) is 1.52.